The van der Waals surface area contributed by atoms with E-state index in [1.807, 2.05) is 30.6 Å². The number of imidazole rings is 1. The molecule has 5 rings (SSSR count). The third-order valence-corrected chi connectivity index (χ3v) is 5.78. The molecule has 1 N–H and O–H groups in total. The number of hydrogen-bond acceptors (Lipinski definition) is 3. The van der Waals surface area contributed by atoms with E-state index < -0.39 is 0 Å². The van der Waals surface area contributed by atoms with E-state index in [9.17, 15) is 4.39 Å². The summed E-state index contributed by atoms with van der Waals surface area (Å²) < 4.78 is 13.4. The lowest BCUT2D eigenvalue weighted by Gasteiger charge is -2.31. The summed E-state index contributed by atoms with van der Waals surface area (Å²) in [6.07, 6.45) is 5.75. The van der Waals surface area contributed by atoms with Gasteiger partial charge in [-0.05, 0) is 79.0 Å². The average molecular weight is 386 g/mol. The number of nitrogens with one attached hydrogen (secondary N) is 1. The van der Waals surface area contributed by atoms with Gasteiger partial charge in [-0.1, -0.05) is 18.2 Å². The van der Waals surface area contributed by atoms with Crippen molar-refractivity contribution >= 4 is 11.0 Å². The van der Waals surface area contributed by atoms with Crippen LogP contribution >= 0.6 is 0 Å². The molecule has 0 amide bonds. The van der Waals surface area contributed by atoms with E-state index in [2.05, 4.69) is 33.1 Å². The highest BCUT2D eigenvalue weighted by atomic mass is 19.1. The second-order valence-electron chi connectivity index (χ2n) is 7.77. The highest BCUT2D eigenvalue weighted by molar-refractivity contribution is 5.82. The smallest absolute Gasteiger partial charge is 0.123 e. The topological polar surface area (TPSA) is 44.8 Å². The van der Waals surface area contributed by atoms with Crippen molar-refractivity contribution in [1.29, 1.82) is 0 Å². The Bertz CT molecular complexity index is 1110. The molecule has 0 radical (unpaired) electrons. The van der Waals surface area contributed by atoms with Crippen LogP contribution in [0.2, 0.25) is 0 Å². The SMILES string of the molecule is Fc1cccc(CN2CCC(c3nc4ccc(-c5ccncc5)cc4[nH]3)CC2)c1. The minimum absolute atomic E-state index is 0.161. The molecule has 2 aromatic carbocycles. The molecule has 1 aliphatic heterocycles. The first-order valence-electron chi connectivity index (χ1n) is 10.1. The number of piperidine rings is 1. The predicted octanol–water partition coefficient (Wildman–Crippen LogP) is 5.14. The molecule has 4 aromatic rings. The molecular weight excluding hydrogens is 363 g/mol. The molecule has 0 unspecified atom stereocenters. The Balaban J connectivity index is 1.28. The van der Waals surface area contributed by atoms with Gasteiger partial charge in [0.05, 0.1) is 11.0 Å². The molecule has 3 heterocycles. The highest BCUT2D eigenvalue weighted by Crippen LogP contribution is 2.30. The van der Waals surface area contributed by atoms with Crippen molar-refractivity contribution in [1.82, 2.24) is 19.9 Å². The minimum atomic E-state index is -0.161. The van der Waals surface area contributed by atoms with Crippen LogP contribution in [0, 0.1) is 5.82 Å². The quantitative estimate of drug-likeness (QED) is 0.528. The molecule has 0 atom stereocenters. The van der Waals surface area contributed by atoms with Crippen LogP contribution in [-0.4, -0.2) is 32.9 Å². The van der Waals surface area contributed by atoms with Crippen molar-refractivity contribution in [2.75, 3.05) is 13.1 Å². The fourth-order valence-electron chi connectivity index (χ4n) is 4.20. The predicted molar refractivity (Wildman–Crippen MR) is 113 cm³/mol. The summed E-state index contributed by atoms with van der Waals surface area (Å²) >= 11 is 0. The van der Waals surface area contributed by atoms with Crippen molar-refractivity contribution in [2.45, 2.75) is 25.3 Å². The van der Waals surface area contributed by atoms with Gasteiger partial charge in [-0.2, -0.15) is 0 Å². The molecule has 146 valence electrons. The lowest BCUT2D eigenvalue weighted by molar-refractivity contribution is 0.202. The van der Waals surface area contributed by atoms with Crippen LogP contribution in [0.25, 0.3) is 22.2 Å². The number of H-pyrrole nitrogens is 1. The van der Waals surface area contributed by atoms with E-state index in [0.29, 0.717) is 5.92 Å². The summed E-state index contributed by atoms with van der Waals surface area (Å²) in [6, 6.07) is 17.3. The monoisotopic (exact) mass is 386 g/mol. The molecule has 0 spiro atoms. The Morgan fingerprint density at radius 1 is 0.966 bits per heavy atom. The fourth-order valence-corrected chi connectivity index (χ4v) is 4.20. The maximum absolute atomic E-state index is 13.4. The van der Waals surface area contributed by atoms with E-state index in [1.165, 1.54) is 11.6 Å². The first-order valence-corrected chi connectivity index (χ1v) is 10.1. The van der Waals surface area contributed by atoms with Crippen molar-refractivity contribution in [3.63, 3.8) is 0 Å². The first-order chi connectivity index (χ1) is 14.2. The van der Waals surface area contributed by atoms with Gasteiger partial charge in [-0.3, -0.25) is 9.88 Å². The van der Waals surface area contributed by atoms with Gasteiger partial charge in [-0.15, -0.1) is 0 Å². The number of likely N-dealkylation sites (tertiary alicyclic amines) is 1. The normalized spacial score (nSPS) is 15.8. The van der Waals surface area contributed by atoms with Gasteiger partial charge in [0.1, 0.15) is 11.6 Å². The second-order valence-corrected chi connectivity index (χ2v) is 7.77. The highest BCUT2D eigenvalue weighted by Gasteiger charge is 2.23. The number of benzene rings is 2. The van der Waals surface area contributed by atoms with Gasteiger partial charge in [0, 0.05) is 24.9 Å². The number of aromatic nitrogens is 3. The van der Waals surface area contributed by atoms with Gasteiger partial charge < -0.3 is 4.98 Å². The number of fused-ring (bicyclic) bond motifs is 1. The van der Waals surface area contributed by atoms with Crippen LogP contribution in [0.15, 0.2) is 67.0 Å². The summed E-state index contributed by atoms with van der Waals surface area (Å²) in [5.41, 5.74) is 5.45. The van der Waals surface area contributed by atoms with Crippen LogP contribution in [0.5, 0.6) is 0 Å². The lowest BCUT2D eigenvalue weighted by Crippen LogP contribution is -2.32. The van der Waals surface area contributed by atoms with E-state index in [1.54, 1.807) is 12.1 Å². The summed E-state index contributed by atoms with van der Waals surface area (Å²) in [5, 5.41) is 0. The molecule has 2 aromatic heterocycles. The second kappa shape index (κ2) is 7.76. The standard InChI is InChI=1S/C24H23FN4/c25-21-3-1-2-17(14-21)16-29-12-8-19(9-13-29)24-27-22-5-4-20(15-23(22)28-24)18-6-10-26-11-7-18/h1-7,10-11,14-15,19H,8-9,12-13,16H2,(H,27,28). The van der Waals surface area contributed by atoms with Crippen LogP contribution in [0.1, 0.15) is 30.1 Å². The van der Waals surface area contributed by atoms with Crippen LogP contribution in [-0.2, 0) is 6.54 Å². The van der Waals surface area contributed by atoms with Crippen molar-refractivity contribution in [3.8, 4) is 11.1 Å². The fraction of sp³-hybridized carbons (Fsp3) is 0.250. The summed E-state index contributed by atoms with van der Waals surface area (Å²) in [4.78, 5) is 14.9. The van der Waals surface area contributed by atoms with Crippen molar-refractivity contribution in [3.05, 3.63) is 84.2 Å². The van der Waals surface area contributed by atoms with Crippen LogP contribution < -0.4 is 0 Å². The molecule has 1 fully saturated rings. The zero-order valence-electron chi connectivity index (χ0n) is 16.2. The Kier molecular flexibility index (Phi) is 4.82. The molecule has 29 heavy (non-hydrogen) atoms. The summed E-state index contributed by atoms with van der Waals surface area (Å²) in [7, 11) is 0. The Morgan fingerprint density at radius 2 is 1.79 bits per heavy atom. The van der Waals surface area contributed by atoms with Gasteiger partial charge in [0.2, 0.25) is 0 Å². The largest absolute Gasteiger partial charge is 0.342 e. The summed E-state index contributed by atoms with van der Waals surface area (Å²) in [5.74, 6) is 1.36. The Labute approximate surface area is 169 Å². The maximum atomic E-state index is 13.4. The number of rotatable bonds is 4. The lowest BCUT2D eigenvalue weighted by atomic mass is 9.96. The maximum Gasteiger partial charge on any atom is 0.123 e. The van der Waals surface area contributed by atoms with Gasteiger partial charge in [0.15, 0.2) is 0 Å². The van der Waals surface area contributed by atoms with Crippen LogP contribution in [0.4, 0.5) is 4.39 Å². The molecule has 1 saturated heterocycles. The van der Waals surface area contributed by atoms with Gasteiger partial charge in [-0.25, -0.2) is 9.37 Å². The number of nitrogens with zero attached hydrogens (tertiary/aromatic N) is 3. The van der Waals surface area contributed by atoms with E-state index in [0.717, 1.165) is 60.5 Å². The van der Waals surface area contributed by atoms with Crippen molar-refractivity contribution < 1.29 is 4.39 Å². The van der Waals surface area contributed by atoms with E-state index in [-0.39, 0.29) is 5.82 Å². The molecule has 0 bridgehead atoms. The number of aromatic amines is 1. The van der Waals surface area contributed by atoms with E-state index >= 15 is 0 Å². The molecule has 0 saturated carbocycles. The number of pyridine rings is 1. The minimum Gasteiger partial charge on any atom is -0.342 e. The van der Waals surface area contributed by atoms with Gasteiger partial charge in [0.25, 0.3) is 0 Å². The Hall–Kier alpha value is -3.05. The van der Waals surface area contributed by atoms with E-state index in [4.69, 9.17) is 4.98 Å². The zero-order valence-corrected chi connectivity index (χ0v) is 16.2. The third kappa shape index (κ3) is 3.91. The first kappa shape index (κ1) is 18.0. The number of halogens is 1. The molecule has 5 heteroatoms. The number of hydrogen-bond donors (Lipinski definition) is 1. The van der Waals surface area contributed by atoms with Crippen LogP contribution in [0.3, 0.4) is 0 Å². The molecule has 4 nitrogen and oxygen atoms in total. The zero-order chi connectivity index (χ0) is 19.6. The van der Waals surface area contributed by atoms with Crippen molar-refractivity contribution in [2.24, 2.45) is 0 Å². The Morgan fingerprint density at radius 3 is 2.59 bits per heavy atom. The average Bonchev–Trinajstić information content (AvgIpc) is 3.18. The third-order valence-electron chi connectivity index (χ3n) is 5.78. The summed E-state index contributed by atoms with van der Waals surface area (Å²) in [6.45, 7) is 2.81. The molecule has 1 aliphatic rings. The molecule has 0 aliphatic carbocycles. The molecular formula is C24H23FN4. The van der Waals surface area contributed by atoms with Gasteiger partial charge >= 0.3 is 0 Å².